The van der Waals surface area contributed by atoms with Gasteiger partial charge in [-0.2, -0.15) is 0 Å². The molecule has 6 aromatic carbocycles. The smallest absolute Gasteiger partial charge is 0.160 e. The monoisotopic (exact) mass is 702 g/mol. The molecule has 0 spiro atoms. The minimum atomic E-state index is 0.705. The summed E-state index contributed by atoms with van der Waals surface area (Å²) in [6.45, 7) is 2.21. The highest BCUT2D eigenvalue weighted by molar-refractivity contribution is 7.26. The van der Waals surface area contributed by atoms with Gasteiger partial charge in [-0.05, 0) is 89.6 Å². The molecule has 52 heavy (non-hydrogen) atoms. The molecule has 10 rings (SSSR count). The lowest BCUT2D eigenvalue weighted by atomic mass is 9.93. The second-order valence-electron chi connectivity index (χ2n) is 13.7. The fourth-order valence-corrected chi connectivity index (χ4v) is 9.97. The van der Waals surface area contributed by atoms with Crippen LogP contribution in [-0.2, 0) is 0 Å². The van der Waals surface area contributed by atoms with E-state index in [4.69, 9.17) is 9.98 Å². The molecule has 4 heteroatoms. The normalized spacial score (nSPS) is 15.0. The molecule has 1 aliphatic heterocycles. The maximum atomic E-state index is 5.47. The van der Waals surface area contributed by atoms with Crippen molar-refractivity contribution in [2.24, 2.45) is 9.98 Å². The van der Waals surface area contributed by atoms with Crippen LogP contribution >= 0.6 is 22.7 Å². The van der Waals surface area contributed by atoms with Crippen LogP contribution in [0.4, 0.5) is 0 Å². The Morgan fingerprint density at radius 1 is 0.519 bits per heavy atom. The Bertz CT molecular complexity index is 2860. The van der Waals surface area contributed by atoms with Gasteiger partial charge in [0, 0.05) is 57.9 Å². The number of hydrogen-bond donors (Lipinski definition) is 0. The lowest BCUT2D eigenvalue weighted by Gasteiger charge is -2.12. The number of fused-ring (bicyclic) bond motifs is 6. The molecule has 0 unspecified atom stereocenters. The van der Waals surface area contributed by atoms with Gasteiger partial charge in [0.15, 0.2) is 5.84 Å². The van der Waals surface area contributed by atoms with Crippen molar-refractivity contribution >= 4 is 85.8 Å². The maximum absolute atomic E-state index is 5.47. The molecule has 3 heterocycles. The van der Waals surface area contributed by atoms with Gasteiger partial charge in [0.2, 0.25) is 0 Å². The summed E-state index contributed by atoms with van der Waals surface area (Å²) in [6.07, 6.45) is 9.72. The third-order valence-corrected chi connectivity index (χ3v) is 12.6. The molecule has 0 saturated heterocycles. The second-order valence-corrected chi connectivity index (χ2v) is 15.9. The van der Waals surface area contributed by atoms with Gasteiger partial charge >= 0.3 is 0 Å². The average molecular weight is 703 g/mol. The molecule has 0 atom stereocenters. The minimum Gasteiger partial charge on any atom is -0.232 e. The van der Waals surface area contributed by atoms with Gasteiger partial charge in [-0.15, -0.1) is 22.7 Å². The summed E-state index contributed by atoms with van der Waals surface area (Å²) in [6, 6.07) is 48.7. The lowest BCUT2D eigenvalue weighted by Crippen LogP contribution is -2.06. The van der Waals surface area contributed by atoms with E-state index < -0.39 is 0 Å². The first-order chi connectivity index (χ1) is 25.7. The van der Waals surface area contributed by atoms with Crippen LogP contribution in [0.15, 0.2) is 167 Å². The first kappa shape index (κ1) is 31.1. The van der Waals surface area contributed by atoms with Crippen LogP contribution < -0.4 is 0 Å². The SMILES string of the molecule is CC1=C(c2ccccc2)N=C(c2ccc(C3=CCCC=C3)cc2)N=C(c2cc(-c3ccc4sc5ccccc5c4c3)c3c(c2)sc2ccccc23)C1. The molecule has 8 aromatic rings. The highest BCUT2D eigenvalue weighted by Gasteiger charge is 2.21. The van der Waals surface area contributed by atoms with Gasteiger partial charge in [0.05, 0.1) is 11.4 Å². The quantitative estimate of drug-likeness (QED) is 0.171. The zero-order valence-corrected chi connectivity index (χ0v) is 30.4. The fraction of sp³-hybridized carbons (Fsp3) is 0.0833. The van der Waals surface area contributed by atoms with E-state index in [9.17, 15) is 0 Å². The molecule has 0 N–H and O–H groups in total. The third kappa shape index (κ3) is 5.47. The van der Waals surface area contributed by atoms with Crippen molar-refractivity contribution in [3.8, 4) is 11.1 Å². The number of benzene rings is 6. The highest BCUT2D eigenvalue weighted by Crippen LogP contribution is 2.44. The van der Waals surface area contributed by atoms with Crippen LogP contribution in [0.5, 0.6) is 0 Å². The van der Waals surface area contributed by atoms with E-state index in [0.717, 1.165) is 46.8 Å². The molecule has 0 saturated carbocycles. The molecule has 1 aliphatic carbocycles. The predicted octanol–water partition coefficient (Wildman–Crippen LogP) is 13.9. The molecule has 2 nitrogen and oxygen atoms in total. The Balaban J connectivity index is 1.17. The molecule has 2 aliphatic rings. The molecule has 0 fully saturated rings. The molecule has 0 bridgehead atoms. The molecule has 248 valence electrons. The largest absolute Gasteiger partial charge is 0.232 e. The summed E-state index contributed by atoms with van der Waals surface area (Å²) < 4.78 is 5.22. The van der Waals surface area contributed by atoms with Gasteiger partial charge in [0.1, 0.15) is 0 Å². The number of nitrogens with zero attached hydrogens (tertiary/aromatic N) is 2. The van der Waals surface area contributed by atoms with E-state index in [2.05, 4.69) is 159 Å². The Morgan fingerprint density at radius 3 is 2.02 bits per heavy atom. The standard InChI is InChI=1S/C48H34N2S2/c1-30-26-41(49-48(50-47(30)33-14-6-3-7-15-33)34-22-20-32(21-23-34)31-12-4-2-5-13-31)36-28-39(46-38-17-9-11-19-43(38)52-45(46)29-36)35-24-25-44-40(27-35)37-16-8-10-18-42(37)51-44/h3-4,6-25,27-29H,2,5,26H2,1H3. The number of amidine groups is 1. The van der Waals surface area contributed by atoms with E-state index in [1.165, 1.54) is 68.2 Å². The van der Waals surface area contributed by atoms with Crippen LogP contribution in [0.2, 0.25) is 0 Å². The van der Waals surface area contributed by atoms with E-state index in [0.29, 0.717) is 6.42 Å². The summed E-state index contributed by atoms with van der Waals surface area (Å²) in [7, 11) is 0. The van der Waals surface area contributed by atoms with Crippen LogP contribution in [-0.4, -0.2) is 11.5 Å². The average Bonchev–Trinajstić information content (AvgIpc) is 3.71. The molecule has 0 radical (unpaired) electrons. The highest BCUT2D eigenvalue weighted by atomic mass is 32.1. The van der Waals surface area contributed by atoms with Crippen molar-refractivity contribution in [2.75, 3.05) is 0 Å². The van der Waals surface area contributed by atoms with Crippen LogP contribution in [0.1, 0.15) is 48.4 Å². The summed E-state index contributed by atoms with van der Waals surface area (Å²) in [4.78, 5) is 10.8. The molecular formula is C48H34N2S2. The zero-order chi connectivity index (χ0) is 34.6. The van der Waals surface area contributed by atoms with Crippen molar-refractivity contribution in [1.82, 2.24) is 0 Å². The van der Waals surface area contributed by atoms with Crippen LogP contribution in [0.25, 0.3) is 62.7 Å². The van der Waals surface area contributed by atoms with Crippen molar-refractivity contribution < 1.29 is 0 Å². The van der Waals surface area contributed by atoms with Gasteiger partial charge in [-0.3, -0.25) is 0 Å². The fourth-order valence-electron chi connectivity index (χ4n) is 7.71. The molecular weight excluding hydrogens is 669 g/mol. The van der Waals surface area contributed by atoms with E-state index >= 15 is 0 Å². The number of aliphatic imine (C=N–C) groups is 2. The minimum absolute atomic E-state index is 0.705. The van der Waals surface area contributed by atoms with Gasteiger partial charge in [-0.25, -0.2) is 9.98 Å². The summed E-state index contributed by atoms with van der Waals surface area (Å²) in [5.74, 6) is 0.745. The summed E-state index contributed by atoms with van der Waals surface area (Å²) in [5.41, 5.74) is 11.5. The second kappa shape index (κ2) is 12.8. The van der Waals surface area contributed by atoms with E-state index in [-0.39, 0.29) is 0 Å². The maximum Gasteiger partial charge on any atom is 0.160 e. The Labute approximate surface area is 311 Å². The lowest BCUT2D eigenvalue weighted by molar-refractivity contribution is 1.04. The summed E-state index contributed by atoms with van der Waals surface area (Å²) in [5, 5.41) is 5.24. The zero-order valence-electron chi connectivity index (χ0n) is 28.8. The molecule has 0 amide bonds. The number of thiophene rings is 2. The number of hydrogen-bond acceptors (Lipinski definition) is 4. The summed E-state index contributed by atoms with van der Waals surface area (Å²) >= 11 is 3.73. The Morgan fingerprint density at radius 2 is 1.21 bits per heavy atom. The van der Waals surface area contributed by atoms with Gasteiger partial charge < -0.3 is 0 Å². The molecule has 2 aromatic heterocycles. The van der Waals surface area contributed by atoms with Crippen molar-refractivity contribution in [3.63, 3.8) is 0 Å². The van der Waals surface area contributed by atoms with Crippen molar-refractivity contribution in [3.05, 3.63) is 180 Å². The Hall–Kier alpha value is -5.68. The number of allylic oxidation sites excluding steroid dienone is 5. The van der Waals surface area contributed by atoms with Gasteiger partial charge in [-0.1, -0.05) is 115 Å². The van der Waals surface area contributed by atoms with Crippen molar-refractivity contribution in [1.29, 1.82) is 0 Å². The third-order valence-electron chi connectivity index (χ3n) is 10.3. The first-order valence-electron chi connectivity index (χ1n) is 17.9. The van der Waals surface area contributed by atoms with Crippen LogP contribution in [0, 0.1) is 0 Å². The van der Waals surface area contributed by atoms with Crippen molar-refractivity contribution in [2.45, 2.75) is 26.2 Å². The number of rotatable bonds is 5. The first-order valence-corrected chi connectivity index (χ1v) is 19.6. The van der Waals surface area contributed by atoms with Gasteiger partial charge in [0.25, 0.3) is 0 Å². The topological polar surface area (TPSA) is 24.7 Å². The Kier molecular flexibility index (Phi) is 7.67. The van der Waals surface area contributed by atoms with E-state index in [1.54, 1.807) is 0 Å². The predicted molar refractivity (Wildman–Crippen MR) is 227 cm³/mol. The van der Waals surface area contributed by atoms with E-state index in [1.807, 2.05) is 22.7 Å². The van der Waals surface area contributed by atoms with Crippen LogP contribution in [0.3, 0.4) is 0 Å².